The third-order valence-electron chi connectivity index (χ3n) is 3.11. The summed E-state index contributed by atoms with van der Waals surface area (Å²) in [6, 6.07) is 5.12. The standard InChI is InChI=1S/C15H18N2O4S/c1-9(13-5-4-6-22-13)17-15(19)16-8-11-7-12(10(2)21-11)14(18)20-3/h4-7,9H,8H2,1-3H3,(H2,16,17,19). The normalized spacial score (nSPS) is 11.8. The molecule has 0 saturated carbocycles. The molecule has 2 aromatic heterocycles. The van der Waals surface area contributed by atoms with E-state index in [0.29, 0.717) is 17.1 Å². The average molecular weight is 322 g/mol. The summed E-state index contributed by atoms with van der Waals surface area (Å²) in [5.41, 5.74) is 0.367. The van der Waals surface area contributed by atoms with Gasteiger partial charge in [0.05, 0.1) is 19.7 Å². The van der Waals surface area contributed by atoms with Crippen molar-refractivity contribution in [1.82, 2.24) is 10.6 Å². The van der Waals surface area contributed by atoms with E-state index in [-0.39, 0.29) is 18.6 Å². The van der Waals surface area contributed by atoms with Gasteiger partial charge in [0.25, 0.3) is 0 Å². The van der Waals surface area contributed by atoms with Crippen LogP contribution in [0.1, 0.15) is 39.7 Å². The van der Waals surface area contributed by atoms with Crippen molar-refractivity contribution in [2.45, 2.75) is 26.4 Å². The van der Waals surface area contributed by atoms with Crippen molar-refractivity contribution in [2.75, 3.05) is 7.11 Å². The molecular formula is C15H18N2O4S. The predicted molar refractivity (Wildman–Crippen MR) is 82.9 cm³/mol. The first-order valence-electron chi connectivity index (χ1n) is 6.76. The van der Waals surface area contributed by atoms with Crippen molar-refractivity contribution in [1.29, 1.82) is 0 Å². The van der Waals surface area contributed by atoms with E-state index in [0.717, 1.165) is 4.88 Å². The summed E-state index contributed by atoms with van der Waals surface area (Å²) >= 11 is 1.59. The van der Waals surface area contributed by atoms with E-state index in [1.54, 1.807) is 24.3 Å². The molecule has 2 heterocycles. The Bertz CT molecular complexity index is 649. The Morgan fingerprint density at radius 3 is 2.86 bits per heavy atom. The third-order valence-corrected chi connectivity index (χ3v) is 4.17. The molecule has 118 valence electrons. The van der Waals surface area contributed by atoms with Gasteiger partial charge in [-0.3, -0.25) is 0 Å². The number of urea groups is 1. The van der Waals surface area contributed by atoms with E-state index in [9.17, 15) is 9.59 Å². The fourth-order valence-corrected chi connectivity index (χ4v) is 2.70. The van der Waals surface area contributed by atoms with E-state index in [2.05, 4.69) is 15.4 Å². The van der Waals surface area contributed by atoms with E-state index in [4.69, 9.17) is 4.42 Å². The second-order valence-electron chi connectivity index (χ2n) is 4.74. The Kier molecular flexibility index (Phi) is 5.21. The lowest BCUT2D eigenvalue weighted by molar-refractivity contribution is 0.0598. The highest BCUT2D eigenvalue weighted by Crippen LogP contribution is 2.18. The lowest BCUT2D eigenvalue weighted by atomic mass is 10.2. The number of furan rings is 1. The molecule has 1 unspecified atom stereocenters. The van der Waals surface area contributed by atoms with Gasteiger partial charge in [0.15, 0.2) is 0 Å². The summed E-state index contributed by atoms with van der Waals surface area (Å²) in [6.07, 6.45) is 0. The van der Waals surface area contributed by atoms with Crippen LogP contribution in [0.15, 0.2) is 28.0 Å². The quantitative estimate of drug-likeness (QED) is 0.829. The summed E-state index contributed by atoms with van der Waals surface area (Å²) in [5, 5.41) is 7.50. The fourth-order valence-electron chi connectivity index (χ4n) is 1.97. The van der Waals surface area contributed by atoms with Crippen molar-refractivity contribution in [3.63, 3.8) is 0 Å². The van der Waals surface area contributed by atoms with Crippen LogP contribution in [0.2, 0.25) is 0 Å². The summed E-state index contributed by atoms with van der Waals surface area (Å²) in [5.74, 6) is 0.510. The first-order chi connectivity index (χ1) is 10.5. The van der Waals surface area contributed by atoms with Gasteiger partial charge in [0.1, 0.15) is 17.1 Å². The minimum absolute atomic E-state index is 0.0658. The lowest BCUT2D eigenvalue weighted by Crippen LogP contribution is -2.36. The van der Waals surface area contributed by atoms with Gasteiger partial charge >= 0.3 is 12.0 Å². The lowest BCUT2D eigenvalue weighted by Gasteiger charge is -2.12. The molecule has 2 rings (SSSR count). The highest BCUT2D eigenvalue weighted by Gasteiger charge is 2.16. The number of thiophene rings is 1. The number of carbonyl (C=O) groups is 2. The highest BCUT2D eigenvalue weighted by atomic mass is 32.1. The zero-order valence-corrected chi connectivity index (χ0v) is 13.5. The van der Waals surface area contributed by atoms with Crippen LogP contribution in [0.25, 0.3) is 0 Å². The number of hydrogen-bond donors (Lipinski definition) is 2. The molecule has 1 atom stereocenters. The molecule has 0 aliphatic heterocycles. The molecule has 0 spiro atoms. The molecule has 0 aliphatic rings. The molecular weight excluding hydrogens is 304 g/mol. The Morgan fingerprint density at radius 1 is 1.45 bits per heavy atom. The Labute approximate surface area is 132 Å². The first-order valence-corrected chi connectivity index (χ1v) is 7.64. The minimum Gasteiger partial charge on any atom is -0.465 e. The van der Waals surface area contributed by atoms with Gasteiger partial charge < -0.3 is 19.8 Å². The summed E-state index contributed by atoms with van der Waals surface area (Å²) in [4.78, 5) is 24.4. The topological polar surface area (TPSA) is 80.6 Å². The van der Waals surface area contributed by atoms with Crippen LogP contribution in [0.3, 0.4) is 0 Å². The zero-order valence-electron chi connectivity index (χ0n) is 12.6. The number of carbonyl (C=O) groups excluding carboxylic acids is 2. The Balaban J connectivity index is 1.87. The molecule has 7 heteroatoms. The summed E-state index contributed by atoms with van der Waals surface area (Å²) < 4.78 is 10.1. The van der Waals surface area contributed by atoms with Gasteiger partial charge in [-0.15, -0.1) is 11.3 Å². The number of hydrogen-bond acceptors (Lipinski definition) is 5. The average Bonchev–Trinajstić information content (AvgIpc) is 3.14. The second kappa shape index (κ2) is 7.13. The fraction of sp³-hybridized carbons (Fsp3) is 0.333. The van der Waals surface area contributed by atoms with E-state index in [1.165, 1.54) is 7.11 Å². The molecule has 2 amide bonds. The van der Waals surface area contributed by atoms with Crippen LogP contribution < -0.4 is 10.6 Å². The number of aryl methyl sites for hydroxylation is 1. The second-order valence-corrected chi connectivity index (χ2v) is 5.72. The van der Waals surface area contributed by atoms with Crippen LogP contribution >= 0.6 is 11.3 Å². The largest absolute Gasteiger partial charge is 0.465 e. The summed E-state index contributed by atoms with van der Waals surface area (Å²) in [7, 11) is 1.31. The third kappa shape index (κ3) is 3.88. The van der Waals surface area contributed by atoms with Gasteiger partial charge in [-0.1, -0.05) is 6.07 Å². The molecule has 0 aromatic carbocycles. The number of ether oxygens (including phenoxy) is 1. The Hall–Kier alpha value is -2.28. The SMILES string of the molecule is COC(=O)c1cc(CNC(=O)NC(C)c2cccs2)oc1C. The van der Waals surface area contributed by atoms with Gasteiger partial charge in [0, 0.05) is 4.88 Å². The maximum atomic E-state index is 11.9. The van der Waals surface area contributed by atoms with Crippen LogP contribution in [-0.4, -0.2) is 19.1 Å². The number of rotatable bonds is 5. The number of amides is 2. The zero-order chi connectivity index (χ0) is 16.1. The number of esters is 1. The van der Waals surface area contributed by atoms with Crippen LogP contribution in [-0.2, 0) is 11.3 Å². The van der Waals surface area contributed by atoms with Gasteiger partial charge in [-0.2, -0.15) is 0 Å². The smallest absolute Gasteiger partial charge is 0.341 e. The molecule has 0 saturated heterocycles. The molecule has 0 bridgehead atoms. The predicted octanol–water partition coefficient (Wildman–Crippen LogP) is 3.00. The number of methoxy groups -OCH3 is 1. The van der Waals surface area contributed by atoms with Gasteiger partial charge in [-0.05, 0) is 31.4 Å². The molecule has 6 nitrogen and oxygen atoms in total. The maximum absolute atomic E-state index is 11.9. The van der Waals surface area contributed by atoms with Crippen LogP contribution in [0.5, 0.6) is 0 Å². The van der Waals surface area contributed by atoms with Crippen molar-refractivity contribution < 1.29 is 18.7 Å². The molecule has 0 aliphatic carbocycles. The van der Waals surface area contributed by atoms with Crippen molar-refractivity contribution in [3.05, 3.63) is 45.5 Å². The maximum Gasteiger partial charge on any atom is 0.341 e. The van der Waals surface area contributed by atoms with Crippen molar-refractivity contribution >= 4 is 23.3 Å². The monoisotopic (exact) mass is 322 g/mol. The van der Waals surface area contributed by atoms with Gasteiger partial charge in [0.2, 0.25) is 0 Å². The molecule has 2 aromatic rings. The van der Waals surface area contributed by atoms with Crippen molar-refractivity contribution in [3.8, 4) is 0 Å². The van der Waals surface area contributed by atoms with E-state index < -0.39 is 5.97 Å². The van der Waals surface area contributed by atoms with E-state index in [1.807, 2.05) is 24.4 Å². The molecule has 2 N–H and O–H groups in total. The molecule has 0 radical (unpaired) electrons. The van der Waals surface area contributed by atoms with Crippen molar-refractivity contribution in [2.24, 2.45) is 0 Å². The van der Waals surface area contributed by atoms with Crippen LogP contribution in [0.4, 0.5) is 4.79 Å². The van der Waals surface area contributed by atoms with Gasteiger partial charge in [-0.25, -0.2) is 9.59 Å². The highest BCUT2D eigenvalue weighted by molar-refractivity contribution is 7.10. The van der Waals surface area contributed by atoms with Crippen LogP contribution in [0, 0.1) is 6.92 Å². The molecule has 22 heavy (non-hydrogen) atoms. The minimum atomic E-state index is -0.455. The Morgan fingerprint density at radius 2 is 2.23 bits per heavy atom. The number of nitrogens with one attached hydrogen (secondary N) is 2. The summed E-state index contributed by atoms with van der Waals surface area (Å²) in [6.45, 7) is 3.79. The first kappa shape index (κ1) is 16.1. The molecule has 0 fully saturated rings. The van der Waals surface area contributed by atoms with E-state index >= 15 is 0 Å².